The summed E-state index contributed by atoms with van der Waals surface area (Å²) in [6, 6.07) is 7.05. The van der Waals surface area contributed by atoms with Crippen LogP contribution in [-0.4, -0.2) is 21.9 Å². The molecule has 0 atom stereocenters. The number of carboxylic acid groups (broad SMARTS) is 1. The van der Waals surface area contributed by atoms with Crippen LogP contribution < -0.4 is 0 Å². The number of fused-ring (bicyclic) bond motifs is 1. The van der Waals surface area contributed by atoms with E-state index in [4.69, 9.17) is 5.11 Å². The van der Waals surface area contributed by atoms with Crippen molar-refractivity contribution >= 4 is 23.2 Å². The predicted octanol–water partition coefficient (Wildman–Crippen LogP) is 1.69. The van der Waals surface area contributed by atoms with Crippen LogP contribution in [0.2, 0.25) is 0 Å². The quantitative estimate of drug-likeness (QED) is 0.755. The van der Waals surface area contributed by atoms with Crippen molar-refractivity contribution < 1.29 is 14.7 Å². The highest BCUT2D eigenvalue weighted by Crippen LogP contribution is 2.23. The van der Waals surface area contributed by atoms with Gasteiger partial charge in [-0.1, -0.05) is 18.2 Å². The van der Waals surface area contributed by atoms with Gasteiger partial charge in [-0.25, -0.2) is 4.79 Å². The van der Waals surface area contributed by atoms with E-state index < -0.39 is 5.97 Å². The molecule has 0 aliphatic rings. The molecule has 0 spiro atoms. The van der Waals surface area contributed by atoms with Crippen LogP contribution in [0.4, 0.5) is 0 Å². The topological polar surface area (TPSA) is 59.3 Å². The van der Waals surface area contributed by atoms with Crippen LogP contribution >= 0.6 is 0 Å². The molecule has 0 fully saturated rings. The molecule has 1 aromatic carbocycles. The van der Waals surface area contributed by atoms with Crippen LogP contribution in [0.3, 0.4) is 0 Å². The molecule has 0 saturated heterocycles. The first kappa shape index (κ1) is 9.45. The lowest BCUT2D eigenvalue weighted by atomic mass is 10.1. The maximum atomic E-state index is 11.0. The van der Waals surface area contributed by atoms with Gasteiger partial charge in [0, 0.05) is 18.0 Å². The van der Waals surface area contributed by atoms with Gasteiger partial charge in [0.15, 0.2) is 6.29 Å². The third-order valence-electron chi connectivity index (χ3n) is 2.48. The van der Waals surface area contributed by atoms with Crippen LogP contribution in [-0.2, 0) is 7.05 Å². The highest BCUT2D eigenvalue weighted by molar-refractivity contribution is 6.09. The van der Waals surface area contributed by atoms with E-state index >= 15 is 0 Å². The summed E-state index contributed by atoms with van der Waals surface area (Å²) in [5.41, 5.74) is 1.02. The first-order chi connectivity index (χ1) is 7.16. The lowest BCUT2D eigenvalue weighted by molar-refractivity contribution is 0.0695. The molecule has 4 heteroatoms. The standard InChI is InChI=1S/C11H9NO3/c1-12-8-5-3-2-4-7(8)10(11(14)15)9(12)6-13/h2-6H,1H3,(H,14,15). The average molecular weight is 203 g/mol. The summed E-state index contributed by atoms with van der Waals surface area (Å²) in [6.07, 6.45) is 0.573. The number of para-hydroxylation sites is 1. The molecule has 4 nitrogen and oxygen atoms in total. The Hall–Kier alpha value is -2.10. The summed E-state index contributed by atoms with van der Waals surface area (Å²) in [7, 11) is 1.68. The second-order valence-corrected chi connectivity index (χ2v) is 3.26. The largest absolute Gasteiger partial charge is 0.478 e. The maximum absolute atomic E-state index is 11.0. The van der Waals surface area contributed by atoms with Crippen molar-refractivity contribution in [3.63, 3.8) is 0 Å². The number of nitrogens with zero attached hydrogens (tertiary/aromatic N) is 1. The van der Waals surface area contributed by atoms with Gasteiger partial charge in [-0.05, 0) is 6.07 Å². The molecule has 15 heavy (non-hydrogen) atoms. The van der Waals surface area contributed by atoms with Crippen LogP contribution in [0.1, 0.15) is 20.8 Å². The number of carbonyl (C=O) groups is 2. The fourth-order valence-electron chi connectivity index (χ4n) is 1.78. The molecular weight excluding hydrogens is 194 g/mol. The second kappa shape index (κ2) is 3.24. The third kappa shape index (κ3) is 1.22. The zero-order valence-electron chi connectivity index (χ0n) is 8.10. The minimum absolute atomic E-state index is 0.0723. The Labute approximate surface area is 85.7 Å². The minimum Gasteiger partial charge on any atom is -0.478 e. The van der Waals surface area contributed by atoms with Crippen LogP contribution in [0.25, 0.3) is 10.9 Å². The van der Waals surface area contributed by atoms with E-state index in [1.54, 1.807) is 29.8 Å². The van der Waals surface area contributed by atoms with Crippen molar-refractivity contribution in [3.8, 4) is 0 Å². The lowest BCUT2D eigenvalue weighted by Crippen LogP contribution is -2.02. The number of rotatable bonds is 2. The minimum atomic E-state index is -1.08. The molecule has 1 aromatic heterocycles. The Morgan fingerprint density at radius 2 is 2.07 bits per heavy atom. The Morgan fingerprint density at radius 3 is 2.67 bits per heavy atom. The van der Waals surface area contributed by atoms with Crippen LogP contribution in [0, 0.1) is 0 Å². The van der Waals surface area contributed by atoms with Gasteiger partial charge in [-0.15, -0.1) is 0 Å². The normalized spacial score (nSPS) is 10.5. The van der Waals surface area contributed by atoms with Gasteiger partial charge in [-0.2, -0.15) is 0 Å². The number of carboxylic acids is 1. The first-order valence-corrected chi connectivity index (χ1v) is 4.42. The Kier molecular flexibility index (Phi) is 2.04. The van der Waals surface area contributed by atoms with Crippen molar-refractivity contribution in [1.82, 2.24) is 4.57 Å². The first-order valence-electron chi connectivity index (χ1n) is 4.42. The van der Waals surface area contributed by atoms with Gasteiger partial charge < -0.3 is 9.67 Å². The molecule has 0 bridgehead atoms. The molecule has 76 valence electrons. The van der Waals surface area contributed by atoms with Crippen molar-refractivity contribution in [1.29, 1.82) is 0 Å². The zero-order valence-corrected chi connectivity index (χ0v) is 8.10. The summed E-state index contributed by atoms with van der Waals surface area (Å²) in [6.45, 7) is 0. The number of carbonyl (C=O) groups excluding carboxylic acids is 1. The summed E-state index contributed by atoms with van der Waals surface area (Å²) < 4.78 is 1.59. The maximum Gasteiger partial charge on any atom is 0.338 e. The molecule has 0 unspecified atom stereocenters. The summed E-state index contributed by atoms with van der Waals surface area (Å²) in [4.78, 5) is 21.9. The van der Waals surface area contributed by atoms with Gasteiger partial charge in [-0.3, -0.25) is 4.79 Å². The molecule has 0 amide bonds. The molecule has 0 saturated carbocycles. The molecule has 0 aliphatic heterocycles. The van der Waals surface area contributed by atoms with E-state index in [2.05, 4.69) is 0 Å². The zero-order chi connectivity index (χ0) is 11.0. The number of hydrogen-bond donors (Lipinski definition) is 1. The van der Waals surface area contributed by atoms with Gasteiger partial charge in [0.2, 0.25) is 0 Å². The molecule has 1 heterocycles. The van der Waals surface area contributed by atoms with E-state index in [-0.39, 0.29) is 11.3 Å². The molecule has 2 aromatic rings. The van der Waals surface area contributed by atoms with Gasteiger partial charge in [0.25, 0.3) is 0 Å². The molecular formula is C11H9NO3. The van der Waals surface area contributed by atoms with Gasteiger partial charge in [0.1, 0.15) is 0 Å². The second-order valence-electron chi connectivity index (χ2n) is 3.26. The summed E-state index contributed by atoms with van der Waals surface area (Å²) in [5.74, 6) is -1.08. The van der Waals surface area contributed by atoms with E-state index in [0.29, 0.717) is 11.7 Å². The monoisotopic (exact) mass is 203 g/mol. The fraction of sp³-hybridized carbons (Fsp3) is 0.0909. The number of aromatic carboxylic acids is 1. The van der Waals surface area contributed by atoms with Crippen molar-refractivity contribution in [2.45, 2.75) is 0 Å². The van der Waals surface area contributed by atoms with Crippen molar-refractivity contribution in [2.24, 2.45) is 7.05 Å². The summed E-state index contributed by atoms with van der Waals surface area (Å²) in [5, 5.41) is 9.63. The fourth-order valence-corrected chi connectivity index (χ4v) is 1.78. The number of hydrogen-bond acceptors (Lipinski definition) is 2. The van der Waals surface area contributed by atoms with Crippen LogP contribution in [0.5, 0.6) is 0 Å². The Bertz CT molecular complexity index is 554. The van der Waals surface area contributed by atoms with Crippen LogP contribution in [0.15, 0.2) is 24.3 Å². The van der Waals surface area contributed by atoms with E-state index in [0.717, 1.165) is 5.52 Å². The van der Waals surface area contributed by atoms with E-state index in [1.807, 2.05) is 6.07 Å². The Morgan fingerprint density at radius 1 is 1.40 bits per heavy atom. The molecule has 0 radical (unpaired) electrons. The van der Waals surface area contributed by atoms with E-state index in [1.165, 1.54) is 0 Å². The SMILES string of the molecule is Cn1c(C=O)c(C(=O)O)c2ccccc21. The molecule has 1 N–H and O–H groups in total. The third-order valence-corrected chi connectivity index (χ3v) is 2.48. The average Bonchev–Trinajstić information content (AvgIpc) is 2.52. The van der Waals surface area contributed by atoms with Crippen molar-refractivity contribution in [3.05, 3.63) is 35.5 Å². The Balaban J connectivity index is 2.97. The molecule has 0 aliphatic carbocycles. The van der Waals surface area contributed by atoms with Gasteiger partial charge >= 0.3 is 5.97 Å². The smallest absolute Gasteiger partial charge is 0.338 e. The highest BCUT2D eigenvalue weighted by Gasteiger charge is 2.19. The highest BCUT2D eigenvalue weighted by atomic mass is 16.4. The van der Waals surface area contributed by atoms with Gasteiger partial charge in [0.05, 0.1) is 11.3 Å². The number of benzene rings is 1. The van der Waals surface area contributed by atoms with Crippen molar-refractivity contribution in [2.75, 3.05) is 0 Å². The number of aryl methyl sites for hydroxylation is 1. The van der Waals surface area contributed by atoms with E-state index in [9.17, 15) is 9.59 Å². The summed E-state index contributed by atoms with van der Waals surface area (Å²) >= 11 is 0. The number of aldehydes is 1. The predicted molar refractivity (Wildman–Crippen MR) is 55.3 cm³/mol. The lowest BCUT2D eigenvalue weighted by Gasteiger charge is -1.96. The molecule has 2 rings (SSSR count). The number of aromatic nitrogens is 1.